The Bertz CT molecular complexity index is 1240. The molecule has 1 heterocycles. The highest BCUT2D eigenvalue weighted by molar-refractivity contribution is 6.46. The monoisotopic (exact) mass is 449 g/mol. The van der Waals surface area contributed by atoms with E-state index in [9.17, 15) is 14.0 Å². The molecule has 0 fully saturated rings. The number of anilines is 3. The third-order valence-corrected chi connectivity index (χ3v) is 5.52. The van der Waals surface area contributed by atoms with Gasteiger partial charge in [0.15, 0.2) is 0 Å². The Morgan fingerprint density at radius 2 is 1.56 bits per heavy atom. The zero-order valence-corrected chi connectivity index (χ0v) is 18.6. The predicted molar refractivity (Wildman–Crippen MR) is 126 cm³/mol. The second-order valence-corrected chi connectivity index (χ2v) is 8.13. The van der Waals surface area contributed by atoms with E-state index in [-0.39, 0.29) is 11.3 Å². The quantitative estimate of drug-likeness (QED) is 0.540. The number of nitrogens with zero attached hydrogens (tertiary/aromatic N) is 2. The van der Waals surface area contributed by atoms with Gasteiger partial charge in [-0.2, -0.15) is 0 Å². The number of imide groups is 1. The topological polar surface area (TPSA) is 52.7 Å². The number of nitrogens with one attached hydrogen (secondary N) is 1. The second-order valence-electron chi connectivity index (χ2n) is 7.70. The van der Waals surface area contributed by atoms with Gasteiger partial charge >= 0.3 is 0 Å². The molecule has 3 aromatic carbocycles. The fourth-order valence-electron chi connectivity index (χ4n) is 3.57. The molecule has 0 spiro atoms. The largest absolute Gasteiger partial charge is 0.378 e. The van der Waals surface area contributed by atoms with Crippen molar-refractivity contribution in [1.29, 1.82) is 0 Å². The van der Waals surface area contributed by atoms with E-state index in [1.54, 1.807) is 30.3 Å². The van der Waals surface area contributed by atoms with Crippen LogP contribution in [0.5, 0.6) is 0 Å². The molecular formula is C25H21ClFN3O2. The van der Waals surface area contributed by atoms with E-state index in [0.29, 0.717) is 22.0 Å². The first-order valence-corrected chi connectivity index (χ1v) is 10.3. The van der Waals surface area contributed by atoms with E-state index in [4.69, 9.17) is 11.6 Å². The van der Waals surface area contributed by atoms with Crippen LogP contribution in [-0.4, -0.2) is 25.9 Å². The van der Waals surface area contributed by atoms with Gasteiger partial charge in [-0.25, -0.2) is 9.29 Å². The first-order valence-electron chi connectivity index (χ1n) is 9.96. The van der Waals surface area contributed by atoms with Crippen molar-refractivity contribution in [3.63, 3.8) is 0 Å². The lowest BCUT2D eigenvalue weighted by Gasteiger charge is -2.18. The van der Waals surface area contributed by atoms with Crippen LogP contribution >= 0.6 is 11.6 Å². The van der Waals surface area contributed by atoms with Crippen LogP contribution in [0.3, 0.4) is 0 Å². The molecule has 0 aromatic heterocycles. The van der Waals surface area contributed by atoms with Gasteiger partial charge in [-0.15, -0.1) is 0 Å². The molecule has 1 aliphatic rings. The molecule has 1 N–H and O–H groups in total. The Morgan fingerprint density at radius 3 is 2.16 bits per heavy atom. The maximum atomic E-state index is 13.5. The van der Waals surface area contributed by atoms with E-state index in [1.165, 1.54) is 24.3 Å². The number of hydrogen-bond acceptors (Lipinski definition) is 4. The number of halogens is 2. The van der Waals surface area contributed by atoms with Crippen molar-refractivity contribution >= 4 is 46.1 Å². The minimum absolute atomic E-state index is 0.128. The van der Waals surface area contributed by atoms with Crippen molar-refractivity contribution in [3.05, 3.63) is 94.4 Å². The van der Waals surface area contributed by atoms with Gasteiger partial charge in [-0.3, -0.25) is 9.59 Å². The zero-order chi connectivity index (χ0) is 23.0. The summed E-state index contributed by atoms with van der Waals surface area (Å²) < 4.78 is 13.5. The lowest BCUT2D eigenvalue weighted by molar-refractivity contribution is -0.120. The number of carbonyl (C=O) groups excluding carboxylic acids is 2. The third-order valence-electron chi connectivity index (χ3n) is 5.29. The second kappa shape index (κ2) is 8.48. The molecule has 7 heteroatoms. The molecule has 0 atom stereocenters. The average Bonchev–Trinajstić information content (AvgIpc) is 3.00. The molecule has 0 bridgehead atoms. The molecule has 162 valence electrons. The molecule has 1 aliphatic heterocycles. The highest BCUT2D eigenvalue weighted by Crippen LogP contribution is 2.35. The first kappa shape index (κ1) is 21.6. The van der Waals surface area contributed by atoms with Crippen molar-refractivity contribution < 1.29 is 14.0 Å². The summed E-state index contributed by atoms with van der Waals surface area (Å²) in [6.07, 6.45) is 0. The zero-order valence-electron chi connectivity index (χ0n) is 17.8. The molecule has 0 unspecified atom stereocenters. The summed E-state index contributed by atoms with van der Waals surface area (Å²) in [6, 6.07) is 17.8. The maximum Gasteiger partial charge on any atom is 0.282 e. The number of amides is 2. The van der Waals surface area contributed by atoms with Crippen LogP contribution in [0.15, 0.2) is 72.4 Å². The standard InChI is InChI=1S/C25H21ClFN3O2/c1-15-14-17(26)6-13-21(15)28-23-22(16-4-7-18(27)8-5-16)24(31)30(25(23)32)20-11-9-19(10-12-20)29(2)3/h4-14,28H,1-3H3. The van der Waals surface area contributed by atoms with E-state index in [1.807, 2.05) is 38.1 Å². The summed E-state index contributed by atoms with van der Waals surface area (Å²) in [5, 5.41) is 3.68. The summed E-state index contributed by atoms with van der Waals surface area (Å²) in [7, 11) is 3.82. The van der Waals surface area contributed by atoms with Gasteiger partial charge in [-0.1, -0.05) is 23.7 Å². The molecule has 0 aliphatic carbocycles. The maximum absolute atomic E-state index is 13.5. The Hall–Kier alpha value is -3.64. The van der Waals surface area contributed by atoms with E-state index >= 15 is 0 Å². The minimum atomic E-state index is -0.485. The highest BCUT2D eigenvalue weighted by Gasteiger charge is 2.40. The van der Waals surface area contributed by atoms with Gasteiger partial charge < -0.3 is 10.2 Å². The Morgan fingerprint density at radius 1 is 0.906 bits per heavy atom. The summed E-state index contributed by atoms with van der Waals surface area (Å²) in [6.45, 7) is 1.85. The van der Waals surface area contributed by atoms with Crippen molar-refractivity contribution in [2.45, 2.75) is 6.92 Å². The predicted octanol–water partition coefficient (Wildman–Crippen LogP) is 5.25. The van der Waals surface area contributed by atoms with Gasteiger partial charge in [0.25, 0.3) is 11.8 Å². The molecule has 32 heavy (non-hydrogen) atoms. The van der Waals surface area contributed by atoms with Crippen LogP contribution in [0.4, 0.5) is 21.5 Å². The molecule has 0 radical (unpaired) electrons. The summed E-state index contributed by atoms with van der Waals surface area (Å²) >= 11 is 6.05. The SMILES string of the molecule is Cc1cc(Cl)ccc1NC1=C(c2ccc(F)cc2)C(=O)N(c2ccc(N(C)C)cc2)C1=O. The van der Waals surface area contributed by atoms with E-state index in [2.05, 4.69) is 5.32 Å². The van der Waals surface area contributed by atoms with Crippen LogP contribution in [0, 0.1) is 12.7 Å². The fraction of sp³-hybridized carbons (Fsp3) is 0.120. The van der Waals surface area contributed by atoms with E-state index < -0.39 is 17.6 Å². The smallest absolute Gasteiger partial charge is 0.282 e. The fourth-order valence-corrected chi connectivity index (χ4v) is 3.79. The van der Waals surface area contributed by atoms with E-state index in [0.717, 1.165) is 16.2 Å². The minimum Gasteiger partial charge on any atom is -0.378 e. The molecule has 5 nitrogen and oxygen atoms in total. The van der Waals surface area contributed by atoms with Crippen LogP contribution in [0.1, 0.15) is 11.1 Å². The number of aryl methyl sites for hydroxylation is 1. The average molecular weight is 450 g/mol. The summed E-state index contributed by atoms with van der Waals surface area (Å²) in [4.78, 5) is 29.9. The number of rotatable bonds is 5. The lowest BCUT2D eigenvalue weighted by atomic mass is 10.0. The Labute approximate surface area is 190 Å². The Kier molecular flexibility index (Phi) is 5.72. The number of benzene rings is 3. The molecular weight excluding hydrogens is 429 g/mol. The van der Waals surface area contributed by atoms with Crippen LogP contribution in [0.2, 0.25) is 5.02 Å². The van der Waals surface area contributed by atoms with Crippen LogP contribution in [0.25, 0.3) is 5.57 Å². The summed E-state index contributed by atoms with van der Waals surface area (Å²) in [5.41, 5.74) is 3.62. The first-order chi connectivity index (χ1) is 15.3. The van der Waals surface area contributed by atoms with Crippen LogP contribution < -0.4 is 15.1 Å². The molecule has 2 amide bonds. The normalized spacial score (nSPS) is 13.7. The Balaban J connectivity index is 1.80. The number of hydrogen-bond donors (Lipinski definition) is 1. The van der Waals surface area contributed by atoms with Gasteiger partial charge in [-0.05, 0) is 72.6 Å². The van der Waals surface area contributed by atoms with Gasteiger partial charge in [0.2, 0.25) is 0 Å². The van der Waals surface area contributed by atoms with Crippen molar-refractivity contribution in [2.75, 3.05) is 29.2 Å². The molecule has 4 rings (SSSR count). The van der Waals surface area contributed by atoms with Gasteiger partial charge in [0.1, 0.15) is 11.5 Å². The third kappa shape index (κ3) is 3.97. The molecule has 0 saturated carbocycles. The highest BCUT2D eigenvalue weighted by atomic mass is 35.5. The molecule has 0 saturated heterocycles. The van der Waals surface area contributed by atoms with Gasteiger partial charge in [0.05, 0.1) is 11.3 Å². The lowest BCUT2D eigenvalue weighted by Crippen LogP contribution is -2.32. The number of carbonyl (C=O) groups is 2. The van der Waals surface area contributed by atoms with Crippen molar-refractivity contribution in [2.24, 2.45) is 0 Å². The summed E-state index contributed by atoms with van der Waals surface area (Å²) in [5.74, 6) is -1.39. The van der Waals surface area contributed by atoms with Crippen LogP contribution in [-0.2, 0) is 9.59 Å². The van der Waals surface area contributed by atoms with Gasteiger partial charge in [0, 0.05) is 30.5 Å². The molecule has 3 aromatic rings. The van der Waals surface area contributed by atoms with Crippen molar-refractivity contribution in [3.8, 4) is 0 Å². The van der Waals surface area contributed by atoms with Crippen molar-refractivity contribution in [1.82, 2.24) is 0 Å².